The molecule has 0 radical (unpaired) electrons. The summed E-state index contributed by atoms with van der Waals surface area (Å²) in [5.74, 6) is 1.82. The SMILES string of the molecule is COc1cc(Cc2nccc(Oc3ccc(NC(=O)Nc4cc(C(C)(C)C)cc(NS(C)(=O)=O)c4OC)c4ccccc34)n2)cc(C(=O)NCCCN2CCOCC2)c1. The summed E-state index contributed by atoms with van der Waals surface area (Å²) in [6.07, 6.45) is 3.82. The van der Waals surface area contributed by atoms with Gasteiger partial charge in [0.25, 0.3) is 5.91 Å². The van der Waals surface area contributed by atoms with Crippen molar-refractivity contribution < 1.29 is 37.0 Å². The van der Waals surface area contributed by atoms with Crippen LogP contribution in [0.15, 0.2) is 79.0 Å². The molecule has 4 aromatic carbocycles. The average molecular weight is 826 g/mol. The number of urea groups is 1. The standard InChI is InChI=1S/C43H51N7O8S/c1-43(2,3)30-26-35(40(56-5)36(27-30)49-59(6,53)54)47-42(52)46-34-12-13-37(33-11-8-7-10-32(33)34)58-39-14-16-44-38(48-39)24-28-22-29(25-31(23-28)55-4)41(51)45-15-9-17-50-18-20-57-21-19-50/h7-8,10-14,16,22-23,25-27,49H,9,15,17-21,24H2,1-6H3,(H,45,51)(H2,46,47,52). The molecule has 3 amide bonds. The van der Waals surface area contributed by atoms with Crippen molar-refractivity contribution in [2.45, 2.75) is 39.0 Å². The van der Waals surface area contributed by atoms with Crippen LogP contribution >= 0.6 is 0 Å². The van der Waals surface area contributed by atoms with Gasteiger partial charge in [0.1, 0.15) is 17.3 Å². The molecule has 59 heavy (non-hydrogen) atoms. The zero-order valence-electron chi connectivity index (χ0n) is 34.2. The second-order valence-electron chi connectivity index (χ2n) is 15.2. The Bertz CT molecular complexity index is 2410. The van der Waals surface area contributed by atoms with Gasteiger partial charge in [0.2, 0.25) is 15.9 Å². The Kier molecular flexibility index (Phi) is 13.5. The molecule has 1 fully saturated rings. The predicted octanol–water partition coefficient (Wildman–Crippen LogP) is 6.80. The number of carbonyl (C=O) groups excluding carboxylic acids is 2. The number of hydrogen-bond acceptors (Lipinski definition) is 11. The zero-order valence-corrected chi connectivity index (χ0v) is 35.0. The first kappa shape index (κ1) is 42.6. The topological polar surface area (TPSA) is 182 Å². The summed E-state index contributed by atoms with van der Waals surface area (Å²) in [5.41, 5.74) is 2.69. The predicted molar refractivity (Wildman–Crippen MR) is 229 cm³/mol. The molecule has 6 rings (SSSR count). The van der Waals surface area contributed by atoms with Gasteiger partial charge in [0.15, 0.2) is 5.75 Å². The third-order valence-electron chi connectivity index (χ3n) is 9.60. The number of aromatic nitrogens is 2. The molecule has 0 aliphatic carbocycles. The third kappa shape index (κ3) is 11.6. The molecule has 15 nitrogen and oxygen atoms in total. The largest absolute Gasteiger partial charge is 0.497 e. The first-order valence-electron chi connectivity index (χ1n) is 19.2. The first-order chi connectivity index (χ1) is 28.2. The van der Waals surface area contributed by atoms with Crippen molar-refractivity contribution in [3.63, 3.8) is 0 Å². The Morgan fingerprint density at radius 2 is 1.61 bits per heavy atom. The van der Waals surface area contributed by atoms with Crippen molar-refractivity contribution in [2.75, 3.05) is 75.2 Å². The summed E-state index contributed by atoms with van der Waals surface area (Å²) in [7, 11) is -0.682. The maximum atomic E-state index is 13.5. The van der Waals surface area contributed by atoms with Crippen LogP contribution in [-0.4, -0.2) is 95.1 Å². The molecule has 0 saturated carbocycles. The van der Waals surface area contributed by atoms with Crippen molar-refractivity contribution in [3.8, 4) is 23.1 Å². The molecule has 0 unspecified atom stereocenters. The van der Waals surface area contributed by atoms with Crippen LogP contribution in [0.3, 0.4) is 0 Å². The van der Waals surface area contributed by atoms with Crippen LogP contribution in [0.5, 0.6) is 23.1 Å². The number of nitrogens with zero attached hydrogens (tertiary/aromatic N) is 3. The second-order valence-corrected chi connectivity index (χ2v) is 16.9. The van der Waals surface area contributed by atoms with Crippen LogP contribution in [0.2, 0.25) is 0 Å². The number of rotatable bonds is 15. The van der Waals surface area contributed by atoms with E-state index in [1.165, 1.54) is 7.11 Å². The minimum atomic E-state index is -3.65. The van der Waals surface area contributed by atoms with Crippen molar-refractivity contribution in [1.82, 2.24) is 20.2 Å². The highest BCUT2D eigenvalue weighted by Crippen LogP contribution is 2.40. The maximum Gasteiger partial charge on any atom is 0.323 e. The summed E-state index contributed by atoms with van der Waals surface area (Å²) in [4.78, 5) is 38.1. The Labute approximate surface area is 344 Å². The number of benzene rings is 4. The molecule has 1 aliphatic rings. The van der Waals surface area contributed by atoms with E-state index in [-0.39, 0.29) is 28.4 Å². The van der Waals surface area contributed by atoms with Gasteiger partial charge in [0.05, 0.1) is 50.8 Å². The van der Waals surface area contributed by atoms with Crippen molar-refractivity contribution >= 4 is 49.8 Å². The van der Waals surface area contributed by atoms with Gasteiger partial charge in [-0.25, -0.2) is 18.2 Å². The van der Waals surface area contributed by atoms with Gasteiger partial charge >= 0.3 is 6.03 Å². The van der Waals surface area contributed by atoms with E-state index < -0.39 is 16.1 Å². The van der Waals surface area contributed by atoms with E-state index in [4.69, 9.17) is 18.9 Å². The van der Waals surface area contributed by atoms with E-state index >= 15 is 0 Å². The molecular formula is C43H51N7O8S. The normalized spacial score (nSPS) is 13.4. The summed E-state index contributed by atoms with van der Waals surface area (Å²) >= 11 is 0. The number of hydrogen-bond donors (Lipinski definition) is 4. The number of fused-ring (bicyclic) bond motifs is 1. The van der Waals surface area contributed by atoms with E-state index in [0.29, 0.717) is 58.2 Å². The smallest absolute Gasteiger partial charge is 0.323 e. The molecule has 1 aromatic heterocycles. The Morgan fingerprint density at radius 1 is 0.881 bits per heavy atom. The number of nitrogens with one attached hydrogen (secondary N) is 4. The highest BCUT2D eigenvalue weighted by Gasteiger charge is 2.23. The number of anilines is 3. The molecule has 0 atom stereocenters. The lowest BCUT2D eigenvalue weighted by Gasteiger charge is -2.26. The van der Waals surface area contributed by atoms with Crippen molar-refractivity contribution in [1.29, 1.82) is 0 Å². The molecule has 1 saturated heterocycles. The van der Waals surface area contributed by atoms with Gasteiger partial charge in [-0.1, -0.05) is 45.0 Å². The molecule has 2 heterocycles. The molecule has 0 spiro atoms. The fraction of sp³-hybridized carbons (Fsp3) is 0.349. The van der Waals surface area contributed by atoms with Gasteiger partial charge in [-0.05, 0) is 72.0 Å². The Morgan fingerprint density at radius 3 is 2.32 bits per heavy atom. The molecular weight excluding hydrogens is 775 g/mol. The quantitative estimate of drug-likeness (QED) is 0.0816. The lowest BCUT2D eigenvalue weighted by atomic mass is 9.86. The number of ether oxygens (including phenoxy) is 4. The fourth-order valence-electron chi connectivity index (χ4n) is 6.66. The van der Waals surface area contributed by atoms with Crippen molar-refractivity contribution in [2.24, 2.45) is 0 Å². The number of sulfonamides is 1. The van der Waals surface area contributed by atoms with Gasteiger partial charge in [-0.3, -0.25) is 14.4 Å². The lowest BCUT2D eigenvalue weighted by molar-refractivity contribution is 0.0374. The van der Waals surface area contributed by atoms with E-state index in [0.717, 1.165) is 56.7 Å². The first-order valence-corrected chi connectivity index (χ1v) is 21.1. The molecule has 0 bridgehead atoms. The van der Waals surface area contributed by atoms with Crippen LogP contribution in [0, 0.1) is 0 Å². The number of carbonyl (C=O) groups is 2. The van der Waals surface area contributed by atoms with Crippen LogP contribution in [0.25, 0.3) is 10.8 Å². The highest BCUT2D eigenvalue weighted by atomic mass is 32.2. The van der Waals surface area contributed by atoms with E-state index in [9.17, 15) is 18.0 Å². The average Bonchev–Trinajstić information content (AvgIpc) is 3.19. The number of morpholine rings is 1. The summed E-state index contributed by atoms with van der Waals surface area (Å²) in [6.45, 7) is 10.7. The maximum absolute atomic E-state index is 13.5. The lowest BCUT2D eigenvalue weighted by Crippen LogP contribution is -2.38. The Hall–Kier alpha value is -5.97. The summed E-state index contributed by atoms with van der Waals surface area (Å²) in [6, 6.07) is 20.8. The molecule has 4 N–H and O–H groups in total. The van der Waals surface area contributed by atoms with Gasteiger partial charge < -0.3 is 34.9 Å². The minimum absolute atomic E-state index is 0.166. The Balaban J connectivity index is 1.15. The van der Waals surface area contributed by atoms with Crippen LogP contribution < -0.4 is 34.9 Å². The fourth-order valence-corrected chi connectivity index (χ4v) is 7.21. The molecule has 5 aromatic rings. The second kappa shape index (κ2) is 18.7. The van der Waals surface area contributed by atoms with Gasteiger partial charge in [-0.2, -0.15) is 4.98 Å². The molecule has 312 valence electrons. The monoisotopic (exact) mass is 825 g/mol. The number of methoxy groups -OCH3 is 2. The summed E-state index contributed by atoms with van der Waals surface area (Å²) < 4.78 is 49.7. The van der Waals surface area contributed by atoms with Crippen molar-refractivity contribution in [3.05, 3.63) is 102 Å². The molecule has 1 aliphatic heterocycles. The van der Waals surface area contributed by atoms with E-state index in [2.05, 4.69) is 35.5 Å². The van der Waals surface area contributed by atoms with Crippen LogP contribution in [-0.2, 0) is 26.6 Å². The molecule has 16 heteroatoms. The van der Waals surface area contributed by atoms with Crippen LogP contribution in [0.4, 0.5) is 21.9 Å². The van der Waals surface area contributed by atoms with Gasteiger partial charge in [0, 0.05) is 54.7 Å². The summed E-state index contributed by atoms with van der Waals surface area (Å²) in [5, 5.41) is 10.2. The number of amides is 3. The zero-order chi connectivity index (χ0) is 42.2. The third-order valence-corrected chi connectivity index (χ3v) is 10.2. The van der Waals surface area contributed by atoms with Gasteiger partial charge in [-0.15, -0.1) is 0 Å². The highest BCUT2D eigenvalue weighted by molar-refractivity contribution is 7.92. The van der Waals surface area contributed by atoms with E-state index in [1.54, 1.807) is 49.7 Å². The minimum Gasteiger partial charge on any atom is -0.497 e. The van der Waals surface area contributed by atoms with E-state index in [1.807, 2.05) is 57.2 Å². The van der Waals surface area contributed by atoms with Crippen LogP contribution in [0.1, 0.15) is 54.5 Å².